The Morgan fingerprint density at radius 3 is 2.19 bits per heavy atom. The van der Waals surface area contributed by atoms with Crippen LogP contribution in [-0.4, -0.2) is 9.13 Å². The summed E-state index contributed by atoms with van der Waals surface area (Å²) in [6.07, 6.45) is 0. The van der Waals surface area contributed by atoms with Gasteiger partial charge in [-0.2, -0.15) is 0 Å². The molecule has 0 saturated carbocycles. The van der Waals surface area contributed by atoms with Crippen molar-refractivity contribution in [1.29, 1.82) is 5.41 Å². The Labute approximate surface area is 157 Å². The molecular formula is C23H21N3O. The van der Waals surface area contributed by atoms with Gasteiger partial charge in [-0.1, -0.05) is 48.5 Å². The van der Waals surface area contributed by atoms with Gasteiger partial charge >= 0.3 is 5.69 Å². The molecule has 4 heteroatoms. The van der Waals surface area contributed by atoms with Crippen molar-refractivity contribution in [2.24, 2.45) is 0 Å². The first kappa shape index (κ1) is 17.0. The zero-order valence-corrected chi connectivity index (χ0v) is 15.4. The van der Waals surface area contributed by atoms with Crippen LogP contribution in [0.4, 0.5) is 0 Å². The highest BCUT2D eigenvalue weighted by Crippen LogP contribution is 2.14. The number of rotatable bonds is 3. The Morgan fingerprint density at radius 2 is 1.48 bits per heavy atom. The van der Waals surface area contributed by atoms with Gasteiger partial charge in [0.05, 0.1) is 17.7 Å². The van der Waals surface area contributed by atoms with E-state index in [-0.39, 0.29) is 11.2 Å². The number of aromatic nitrogens is 2. The molecule has 0 amide bonds. The molecule has 4 aromatic rings. The van der Waals surface area contributed by atoms with E-state index in [0.717, 1.165) is 33.3 Å². The number of aryl methyl sites for hydroxylation is 2. The van der Waals surface area contributed by atoms with Gasteiger partial charge in [0.25, 0.3) is 0 Å². The lowest BCUT2D eigenvalue weighted by molar-refractivity contribution is 0.704. The monoisotopic (exact) mass is 355 g/mol. The van der Waals surface area contributed by atoms with Gasteiger partial charge in [0.2, 0.25) is 0 Å². The minimum absolute atomic E-state index is 0.201. The molecule has 134 valence electrons. The Balaban J connectivity index is 2.06. The van der Waals surface area contributed by atoms with E-state index in [1.807, 2.05) is 80.6 Å². The number of fused-ring (bicyclic) bond motifs is 1. The van der Waals surface area contributed by atoms with E-state index in [2.05, 4.69) is 6.07 Å². The number of para-hydroxylation sites is 1. The van der Waals surface area contributed by atoms with Crippen molar-refractivity contribution in [3.63, 3.8) is 0 Å². The molecule has 1 N–H and O–H groups in total. The molecule has 0 aliphatic heterocycles. The minimum atomic E-state index is -0.201. The Kier molecular flexibility index (Phi) is 4.24. The lowest BCUT2D eigenvalue weighted by Crippen LogP contribution is -2.39. The van der Waals surface area contributed by atoms with E-state index in [4.69, 9.17) is 5.41 Å². The molecule has 0 atom stereocenters. The Bertz CT molecular complexity index is 1230. The fraction of sp³-hybridized carbons (Fsp3) is 0.130. The van der Waals surface area contributed by atoms with Gasteiger partial charge in [0, 0.05) is 5.39 Å². The van der Waals surface area contributed by atoms with Crippen LogP contribution in [0.3, 0.4) is 0 Å². The minimum Gasteiger partial charge on any atom is -0.289 e. The lowest BCUT2D eigenvalue weighted by Gasteiger charge is -2.16. The second-order valence-corrected chi connectivity index (χ2v) is 6.90. The predicted octanol–water partition coefficient (Wildman–Crippen LogP) is 3.94. The average molecular weight is 355 g/mol. The number of nitrogens with zero attached hydrogens (tertiary/aromatic N) is 2. The highest BCUT2D eigenvalue weighted by molar-refractivity contribution is 5.78. The molecule has 0 saturated heterocycles. The van der Waals surface area contributed by atoms with E-state index in [0.29, 0.717) is 6.54 Å². The van der Waals surface area contributed by atoms with Crippen LogP contribution >= 0.6 is 0 Å². The fourth-order valence-corrected chi connectivity index (χ4v) is 3.59. The van der Waals surface area contributed by atoms with Crippen LogP contribution in [0.2, 0.25) is 0 Å². The summed E-state index contributed by atoms with van der Waals surface area (Å²) < 4.78 is 3.26. The summed E-state index contributed by atoms with van der Waals surface area (Å²) in [5.74, 6) is 0. The molecule has 0 unspecified atom stereocenters. The number of hydrogen-bond acceptors (Lipinski definition) is 2. The first-order valence-corrected chi connectivity index (χ1v) is 8.96. The highest BCUT2D eigenvalue weighted by Gasteiger charge is 2.13. The van der Waals surface area contributed by atoms with Crippen LogP contribution in [0, 0.1) is 19.3 Å². The molecule has 0 aliphatic rings. The highest BCUT2D eigenvalue weighted by atomic mass is 16.1. The van der Waals surface area contributed by atoms with Gasteiger partial charge in [-0.25, -0.2) is 9.36 Å². The van der Waals surface area contributed by atoms with Crippen LogP contribution in [0.25, 0.3) is 16.6 Å². The summed E-state index contributed by atoms with van der Waals surface area (Å²) in [5, 5.41) is 9.44. The van der Waals surface area contributed by atoms with Crippen molar-refractivity contribution < 1.29 is 0 Å². The van der Waals surface area contributed by atoms with Crippen molar-refractivity contribution in [3.8, 4) is 5.69 Å². The molecule has 0 bridgehead atoms. The molecule has 0 aliphatic carbocycles. The molecule has 1 aromatic heterocycles. The third kappa shape index (κ3) is 3.10. The molecule has 0 fully saturated rings. The third-order valence-electron chi connectivity index (χ3n) is 4.74. The van der Waals surface area contributed by atoms with Gasteiger partial charge in [0.15, 0.2) is 0 Å². The maximum atomic E-state index is 13.4. The van der Waals surface area contributed by atoms with E-state index >= 15 is 0 Å². The summed E-state index contributed by atoms with van der Waals surface area (Å²) >= 11 is 0. The third-order valence-corrected chi connectivity index (χ3v) is 4.74. The molecule has 0 radical (unpaired) electrons. The number of benzene rings is 3. The Hall–Kier alpha value is -3.40. The van der Waals surface area contributed by atoms with Crippen molar-refractivity contribution in [3.05, 3.63) is 105 Å². The second kappa shape index (κ2) is 6.72. The van der Waals surface area contributed by atoms with Gasteiger partial charge in [-0.05, 0) is 54.8 Å². The number of hydrogen-bond donors (Lipinski definition) is 1. The van der Waals surface area contributed by atoms with Gasteiger partial charge in [0.1, 0.15) is 5.49 Å². The molecule has 0 spiro atoms. The molecule has 3 aromatic carbocycles. The van der Waals surface area contributed by atoms with E-state index in [1.165, 1.54) is 4.57 Å². The maximum Gasteiger partial charge on any atom is 0.335 e. The largest absolute Gasteiger partial charge is 0.335 e. The lowest BCUT2D eigenvalue weighted by atomic mass is 10.1. The van der Waals surface area contributed by atoms with Crippen LogP contribution in [0.5, 0.6) is 0 Å². The van der Waals surface area contributed by atoms with Gasteiger partial charge < -0.3 is 0 Å². The SMILES string of the molecule is Cc1cc(C)cc(-n2c(=N)c3ccccc3n(Cc3ccccc3)c2=O)c1. The average Bonchev–Trinajstić information content (AvgIpc) is 2.65. The maximum absolute atomic E-state index is 13.4. The van der Waals surface area contributed by atoms with Crippen LogP contribution in [0.15, 0.2) is 77.6 Å². The Morgan fingerprint density at radius 1 is 0.852 bits per heavy atom. The second-order valence-electron chi connectivity index (χ2n) is 6.90. The van der Waals surface area contributed by atoms with E-state index in [9.17, 15) is 4.79 Å². The van der Waals surface area contributed by atoms with Gasteiger partial charge in [-0.15, -0.1) is 0 Å². The first-order chi connectivity index (χ1) is 13.0. The fourth-order valence-electron chi connectivity index (χ4n) is 3.59. The number of nitrogens with one attached hydrogen (secondary N) is 1. The zero-order valence-electron chi connectivity index (χ0n) is 15.4. The zero-order chi connectivity index (χ0) is 19.0. The smallest absolute Gasteiger partial charge is 0.289 e. The summed E-state index contributed by atoms with van der Waals surface area (Å²) in [5.41, 5.74) is 4.71. The van der Waals surface area contributed by atoms with Crippen molar-refractivity contribution in [1.82, 2.24) is 9.13 Å². The standard InChI is InChI=1S/C23H21N3O/c1-16-12-17(2)14-19(13-16)26-22(24)20-10-6-7-11-21(20)25(23(26)27)15-18-8-4-3-5-9-18/h3-14,24H,15H2,1-2H3. The molecule has 27 heavy (non-hydrogen) atoms. The first-order valence-electron chi connectivity index (χ1n) is 8.96. The van der Waals surface area contributed by atoms with Crippen molar-refractivity contribution >= 4 is 10.9 Å². The molecule has 1 heterocycles. The molecular weight excluding hydrogens is 334 g/mol. The van der Waals surface area contributed by atoms with Crippen LogP contribution in [-0.2, 0) is 6.54 Å². The quantitative estimate of drug-likeness (QED) is 0.595. The van der Waals surface area contributed by atoms with Crippen LogP contribution < -0.4 is 11.2 Å². The normalized spacial score (nSPS) is 11.0. The van der Waals surface area contributed by atoms with E-state index < -0.39 is 0 Å². The van der Waals surface area contributed by atoms with E-state index in [1.54, 1.807) is 4.57 Å². The predicted molar refractivity (Wildman–Crippen MR) is 108 cm³/mol. The van der Waals surface area contributed by atoms with Gasteiger partial charge in [-0.3, -0.25) is 9.98 Å². The summed E-state index contributed by atoms with van der Waals surface area (Å²) in [6.45, 7) is 4.47. The topological polar surface area (TPSA) is 50.8 Å². The molecule has 4 rings (SSSR count). The summed E-state index contributed by atoms with van der Waals surface area (Å²) in [7, 11) is 0. The molecule has 4 nitrogen and oxygen atoms in total. The van der Waals surface area contributed by atoms with Crippen molar-refractivity contribution in [2.75, 3.05) is 0 Å². The summed E-state index contributed by atoms with van der Waals surface area (Å²) in [6, 6.07) is 23.5. The van der Waals surface area contributed by atoms with Crippen LogP contribution in [0.1, 0.15) is 16.7 Å². The van der Waals surface area contributed by atoms with Crippen molar-refractivity contribution in [2.45, 2.75) is 20.4 Å². The summed E-state index contributed by atoms with van der Waals surface area (Å²) in [4.78, 5) is 13.4.